The molecule has 0 radical (unpaired) electrons. The number of hydrogen-bond donors (Lipinski definition) is 1. The smallest absolute Gasteiger partial charge is 0.284 e. The van der Waals surface area contributed by atoms with E-state index in [2.05, 4.69) is 10.3 Å². The molecule has 19 heavy (non-hydrogen) atoms. The summed E-state index contributed by atoms with van der Waals surface area (Å²) in [4.78, 5) is 16.0. The van der Waals surface area contributed by atoms with Crippen LogP contribution >= 0.6 is 11.3 Å². The van der Waals surface area contributed by atoms with Crippen LogP contribution in [0.2, 0.25) is 0 Å². The highest BCUT2D eigenvalue weighted by atomic mass is 32.1. The highest BCUT2D eigenvalue weighted by Gasteiger charge is 2.10. The second-order valence-electron chi connectivity index (χ2n) is 4.44. The van der Waals surface area contributed by atoms with Crippen molar-refractivity contribution in [2.75, 3.05) is 5.32 Å². The van der Waals surface area contributed by atoms with Crippen molar-refractivity contribution in [3.63, 3.8) is 0 Å². The van der Waals surface area contributed by atoms with E-state index in [1.54, 1.807) is 0 Å². The number of ether oxygens (including phenoxy) is 1. The Morgan fingerprint density at radius 2 is 2.00 bits per heavy atom. The quantitative estimate of drug-likeness (QED) is 0.930. The van der Waals surface area contributed by atoms with Crippen LogP contribution < -0.4 is 10.1 Å². The van der Waals surface area contributed by atoms with Gasteiger partial charge in [-0.25, -0.2) is 4.98 Å². The third-order valence-corrected chi connectivity index (χ3v) is 3.26. The van der Waals surface area contributed by atoms with Crippen molar-refractivity contribution in [2.24, 2.45) is 0 Å². The van der Waals surface area contributed by atoms with Crippen LogP contribution in [0.3, 0.4) is 0 Å². The Morgan fingerprint density at radius 1 is 1.32 bits per heavy atom. The van der Waals surface area contributed by atoms with E-state index < -0.39 is 0 Å². The van der Waals surface area contributed by atoms with Gasteiger partial charge in [0.05, 0.1) is 6.10 Å². The molecule has 5 heteroatoms. The molecule has 0 atom stereocenters. The SMILES string of the molecule is Cc1csc(C(=O)Nc2ccc(OC(C)C)cc2)n1. The normalized spacial score (nSPS) is 10.5. The summed E-state index contributed by atoms with van der Waals surface area (Å²) in [7, 11) is 0. The van der Waals surface area contributed by atoms with Crippen molar-refractivity contribution in [3.05, 3.63) is 40.3 Å². The van der Waals surface area contributed by atoms with Crippen LogP contribution in [-0.2, 0) is 0 Å². The minimum absolute atomic E-state index is 0.138. The molecule has 0 aliphatic rings. The van der Waals surface area contributed by atoms with Crippen LogP contribution in [0.15, 0.2) is 29.6 Å². The molecule has 0 saturated carbocycles. The van der Waals surface area contributed by atoms with E-state index in [0.717, 1.165) is 17.1 Å². The van der Waals surface area contributed by atoms with E-state index in [1.165, 1.54) is 11.3 Å². The number of nitrogens with one attached hydrogen (secondary N) is 1. The number of anilines is 1. The first kappa shape index (κ1) is 13.5. The summed E-state index contributed by atoms with van der Waals surface area (Å²) in [5.41, 5.74) is 1.59. The van der Waals surface area contributed by atoms with Crippen LogP contribution in [0.4, 0.5) is 5.69 Å². The molecule has 1 heterocycles. The van der Waals surface area contributed by atoms with Crippen LogP contribution in [0.5, 0.6) is 5.75 Å². The number of amides is 1. The third kappa shape index (κ3) is 3.79. The Balaban J connectivity index is 2.01. The van der Waals surface area contributed by atoms with Gasteiger partial charge in [0.2, 0.25) is 0 Å². The molecule has 1 N–H and O–H groups in total. The second kappa shape index (κ2) is 5.84. The lowest BCUT2D eigenvalue weighted by atomic mass is 10.3. The van der Waals surface area contributed by atoms with Gasteiger partial charge in [0.1, 0.15) is 5.75 Å². The maximum absolute atomic E-state index is 11.9. The molecule has 0 fully saturated rings. The van der Waals surface area contributed by atoms with E-state index in [-0.39, 0.29) is 12.0 Å². The molecule has 1 amide bonds. The fourth-order valence-electron chi connectivity index (χ4n) is 1.53. The van der Waals surface area contributed by atoms with Crippen molar-refractivity contribution in [1.29, 1.82) is 0 Å². The summed E-state index contributed by atoms with van der Waals surface area (Å²) in [6, 6.07) is 7.30. The lowest BCUT2D eigenvalue weighted by molar-refractivity contribution is 0.102. The molecule has 0 bridgehead atoms. The van der Waals surface area contributed by atoms with Gasteiger partial charge in [0.15, 0.2) is 5.01 Å². The van der Waals surface area contributed by atoms with Gasteiger partial charge in [-0.2, -0.15) is 0 Å². The number of hydrogen-bond acceptors (Lipinski definition) is 4. The van der Waals surface area contributed by atoms with Gasteiger partial charge < -0.3 is 10.1 Å². The molecular formula is C14H16N2O2S. The molecule has 0 aliphatic carbocycles. The molecule has 2 rings (SSSR count). The Kier molecular flexibility index (Phi) is 4.16. The standard InChI is InChI=1S/C14H16N2O2S/c1-9(2)18-12-6-4-11(5-7-12)16-13(17)14-15-10(3)8-19-14/h4-9H,1-3H3,(H,16,17). The first-order valence-electron chi connectivity index (χ1n) is 6.05. The molecular weight excluding hydrogens is 260 g/mol. The number of aromatic nitrogens is 1. The third-order valence-electron chi connectivity index (χ3n) is 2.30. The Bertz CT molecular complexity index is 561. The lowest BCUT2D eigenvalue weighted by Gasteiger charge is -2.10. The van der Waals surface area contributed by atoms with E-state index in [1.807, 2.05) is 50.4 Å². The van der Waals surface area contributed by atoms with Crippen LogP contribution in [0, 0.1) is 6.92 Å². The van der Waals surface area contributed by atoms with Crippen LogP contribution in [0.1, 0.15) is 29.3 Å². The predicted octanol–water partition coefficient (Wildman–Crippen LogP) is 3.49. The maximum atomic E-state index is 11.9. The molecule has 0 spiro atoms. The number of nitrogens with zero attached hydrogens (tertiary/aromatic N) is 1. The van der Waals surface area contributed by atoms with Gasteiger partial charge >= 0.3 is 0 Å². The van der Waals surface area contributed by atoms with E-state index in [4.69, 9.17) is 4.74 Å². The number of benzene rings is 1. The minimum atomic E-state index is -0.185. The van der Waals surface area contributed by atoms with Gasteiger partial charge in [0, 0.05) is 16.8 Å². The summed E-state index contributed by atoms with van der Waals surface area (Å²) in [6.07, 6.45) is 0.138. The predicted molar refractivity (Wildman–Crippen MR) is 77.0 cm³/mol. The number of carbonyl (C=O) groups excluding carboxylic acids is 1. The van der Waals surface area contributed by atoms with Crippen LogP contribution in [-0.4, -0.2) is 17.0 Å². The first-order chi connectivity index (χ1) is 9.04. The Morgan fingerprint density at radius 3 is 2.53 bits per heavy atom. The summed E-state index contributed by atoms with van der Waals surface area (Å²) in [5, 5.41) is 5.13. The van der Waals surface area contributed by atoms with E-state index in [0.29, 0.717) is 5.01 Å². The number of rotatable bonds is 4. The molecule has 0 unspecified atom stereocenters. The van der Waals surface area contributed by atoms with Gasteiger partial charge in [-0.1, -0.05) is 0 Å². The monoisotopic (exact) mass is 276 g/mol. The number of thiazole rings is 1. The van der Waals surface area contributed by atoms with E-state index in [9.17, 15) is 4.79 Å². The summed E-state index contributed by atoms with van der Waals surface area (Å²) in [6.45, 7) is 5.81. The number of carbonyl (C=O) groups is 1. The number of aryl methyl sites for hydroxylation is 1. The minimum Gasteiger partial charge on any atom is -0.491 e. The highest BCUT2D eigenvalue weighted by Crippen LogP contribution is 2.18. The first-order valence-corrected chi connectivity index (χ1v) is 6.93. The summed E-state index contributed by atoms with van der Waals surface area (Å²) < 4.78 is 5.54. The summed E-state index contributed by atoms with van der Waals surface area (Å²) in [5.74, 6) is 0.605. The van der Waals surface area contributed by atoms with Crippen molar-refractivity contribution >= 4 is 22.9 Å². The van der Waals surface area contributed by atoms with Gasteiger partial charge in [-0.15, -0.1) is 11.3 Å². The molecule has 1 aromatic heterocycles. The molecule has 0 aliphatic heterocycles. The van der Waals surface area contributed by atoms with Gasteiger partial charge in [-0.05, 0) is 45.0 Å². The average molecular weight is 276 g/mol. The van der Waals surface area contributed by atoms with Crippen LogP contribution in [0.25, 0.3) is 0 Å². The zero-order valence-corrected chi connectivity index (χ0v) is 12.0. The molecule has 4 nitrogen and oxygen atoms in total. The molecule has 0 saturated heterocycles. The van der Waals surface area contributed by atoms with Crippen molar-refractivity contribution < 1.29 is 9.53 Å². The molecule has 100 valence electrons. The molecule has 1 aromatic carbocycles. The van der Waals surface area contributed by atoms with Crippen molar-refractivity contribution in [3.8, 4) is 5.75 Å². The fraction of sp³-hybridized carbons (Fsp3) is 0.286. The van der Waals surface area contributed by atoms with E-state index >= 15 is 0 Å². The highest BCUT2D eigenvalue weighted by molar-refractivity contribution is 7.11. The van der Waals surface area contributed by atoms with Crippen molar-refractivity contribution in [2.45, 2.75) is 26.9 Å². The maximum Gasteiger partial charge on any atom is 0.284 e. The van der Waals surface area contributed by atoms with Gasteiger partial charge in [-0.3, -0.25) is 4.79 Å². The van der Waals surface area contributed by atoms with Crippen molar-refractivity contribution in [1.82, 2.24) is 4.98 Å². The zero-order valence-electron chi connectivity index (χ0n) is 11.1. The topological polar surface area (TPSA) is 51.2 Å². The Labute approximate surface area is 116 Å². The zero-order chi connectivity index (χ0) is 13.8. The van der Waals surface area contributed by atoms with Gasteiger partial charge in [0.25, 0.3) is 5.91 Å². The fourth-order valence-corrected chi connectivity index (χ4v) is 2.22. The second-order valence-corrected chi connectivity index (χ2v) is 5.30. The average Bonchev–Trinajstić information content (AvgIpc) is 2.78. The Hall–Kier alpha value is -1.88. The largest absolute Gasteiger partial charge is 0.491 e. The molecule has 2 aromatic rings. The summed E-state index contributed by atoms with van der Waals surface area (Å²) >= 11 is 1.34. The lowest BCUT2D eigenvalue weighted by Crippen LogP contribution is -2.11.